The van der Waals surface area contributed by atoms with E-state index in [0.29, 0.717) is 19.5 Å². The van der Waals surface area contributed by atoms with Gasteiger partial charge in [0, 0.05) is 18.7 Å². The van der Waals surface area contributed by atoms with Crippen LogP contribution >= 0.6 is 0 Å². The minimum absolute atomic E-state index is 0.0674. The van der Waals surface area contributed by atoms with Crippen molar-refractivity contribution in [3.8, 4) is 5.75 Å². The molecule has 0 heterocycles. The molecule has 0 saturated carbocycles. The Kier molecular flexibility index (Phi) is 4.99. The lowest BCUT2D eigenvalue weighted by Gasteiger charge is -2.19. The molecule has 0 unspecified atom stereocenters. The van der Waals surface area contributed by atoms with Crippen molar-refractivity contribution in [2.75, 3.05) is 13.1 Å². The SMILES string of the molecule is CCN(CC)C(=O)c1cccc(Cc2cccc(O)c2)c1. The highest BCUT2D eigenvalue weighted by molar-refractivity contribution is 5.94. The first-order valence-corrected chi connectivity index (χ1v) is 7.30. The van der Waals surface area contributed by atoms with Crippen LogP contribution in [-0.2, 0) is 6.42 Å². The Labute approximate surface area is 125 Å². The van der Waals surface area contributed by atoms with Gasteiger partial charge in [0.25, 0.3) is 5.91 Å². The van der Waals surface area contributed by atoms with Crippen molar-refractivity contribution in [3.05, 3.63) is 65.2 Å². The molecule has 2 aromatic carbocycles. The molecule has 0 aliphatic carbocycles. The minimum Gasteiger partial charge on any atom is -0.508 e. The summed E-state index contributed by atoms with van der Waals surface area (Å²) >= 11 is 0. The first-order chi connectivity index (χ1) is 10.1. The second kappa shape index (κ2) is 6.93. The first kappa shape index (κ1) is 15.1. The van der Waals surface area contributed by atoms with Crippen molar-refractivity contribution in [2.45, 2.75) is 20.3 Å². The lowest BCUT2D eigenvalue weighted by atomic mass is 10.0. The summed E-state index contributed by atoms with van der Waals surface area (Å²) in [5.41, 5.74) is 2.82. The molecule has 0 aliphatic rings. The number of carbonyl (C=O) groups excluding carboxylic acids is 1. The molecule has 110 valence electrons. The van der Waals surface area contributed by atoms with Gasteiger partial charge in [0.05, 0.1) is 0 Å². The topological polar surface area (TPSA) is 40.5 Å². The molecule has 3 heteroatoms. The van der Waals surface area contributed by atoms with Gasteiger partial charge >= 0.3 is 0 Å². The summed E-state index contributed by atoms with van der Waals surface area (Å²) < 4.78 is 0. The predicted octanol–water partition coefficient (Wildman–Crippen LogP) is 3.47. The number of phenolic OH excluding ortho intramolecular Hbond substituents is 1. The van der Waals surface area contributed by atoms with Crippen LogP contribution in [0.15, 0.2) is 48.5 Å². The molecule has 0 saturated heterocycles. The summed E-state index contributed by atoms with van der Waals surface area (Å²) in [7, 11) is 0. The van der Waals surface area contributed by atoms with E-state index >= 15 is 0 Å². The maximum atomic E-state index is 12.4. The van der Waals surface area contributed by atoms with E-state index in [0.717, 1.165) is 16.7 Å². The standard InChI is InChI=1S/C18H21NO2/c1-3-19(4-2)18(21)16-9-5-7-14(12-16)11-15-8-6-10-17(20)13-15/h5-10,12-13,20H,3-4,11H2,1-2H3. The molecule has 3 nitrogen and oxygen atoms in total. The number of hydrogen-bond donors (Lipinski definition) is 1. The van der Waals surface area contributed by atoms with Crippen LogP contribution in [0.1, 0.15) is 35.3 Å². The molecule has 0 aliphatic heterocycles. The fourth-order valence-electron chi connectivity index (χ4n) is 2.41. The van der Waals surface area contributed by atoms with E-state index in [9.17, 15) is 9.90 Å². The summed E-state index contributed by atoms with van der Waals surface area (Å²) in [6.45, 7) is 5.40. The van der Waals surface area contributed by atoms with E-state index in [1.54, 1.807) is 12.1 Å². The van der Waals surface area contributed by atoms with Gasteiger partial charge in [-0.05, 0) is 55.7 Å². The predicted molar refractivity (Wildman–Crippen MR) is 84.6 cm³/mol. The highest BCUT2D eigenvalue weighted by atomic mass is 16.3. The highest BCUT2D eigenvalue weighted by Gasteiger charge is 2.12. The summed E-state index contributed by atoms with van der Waals surface area (Å²) in [5, 5.41) is 9.51. The summed E-state index contributed by atoms with van der Waals surface area (Å²) in [4.78, 5) is 14.2. The van der Waals surface area contributed by atoms with E-state index in [1.807, 2.05) is 55.1 Å². The van der Waals surface area contributed by atoms with Crippen LogP contribution in [0.25, 0.3) is 0 Å². The zero-order valence-corrected chi connectivity index (χ0v) is 12.5. The monoisotopic (exact) mass is 283 g/mol. The van der Waals surface area contributed by atoms with Gasteiger partial charge in [0.1, 0.15) is 5.75 Å². The van der Waals surface area contributed by atoms with E-state index < -0.39 is 0 Å². The van der Waals surface area contributed by atoms with Crippen molar-refractivity contribution in [1.82, 2.24) is 4.90 Å². The number of rotatable bonds is 5. The molecule has 2 aromatic rings. The van der Waals surface area contributed by atoms with Gasteiger partial charge in [0.15, 0.2) is 0 Å². The van der Waals surface area contributed by atoms with Crippen LogP contribution in [0, 0.1) is 0 Å². The van der Waals surface area contributed by atoms with Crippen molar-refractivity contribution in [1.29, 1.82) is 0 Å². The third kappa shape index (κ3) is 3.85. The summed E-state index contributed by atoms with van der Waals surface area (Å²) in [6.07, 6.45) is 0.702. The average Bonchev–Trinajstić information content (AvgIpc) is 2.48. The lowest BCUT2D eigenvalue weighted by molar-refractivity contribution is 0.0773. The highest BCUT2D eigenvalue weighted by Crippen LogP contribution is 2.16. The first-order valence-electron chi connectivity index (χ1n) is 7.30. The van der Waals surface area contributed by atoms with Gasteiger partial charge in [-0.1, -0.05) is 24.3 Å². The zero-order chi connectivity index (χ0) is 15.2. The number of aromatic hydroxyl groups is 1. The molecule has 1 N–H and O–H groups in total. The number of amides is 1. The van der Waals surface area contributed by atoms with Crippen LogP contribution in [0.4, 0.5) is 0 Å². The molecule has 1 amide bonds. The van der Waals surface area contributed by atoms with Crippen molar-refractivity contribution in [2.24, 2.45) is 0 Å². The molecular formula is C18H21NO2. The molecule has 0 radical (unpaired) electrons. The smallest absolute Gasteiger partial charge is 0.253 e. The van der Waals surface area contributed by atoms with Crippen molar-refractivity contribution in [3.63, 3.8) is 0 Å². The second-order valence-corrected chi connectivity index (χ2v) is 5.02. The number of benzene rings is 2. The summed E-state index contributed by atoms with van der Waals surface area (Å²) in [5.74, 6) is 0.334. The van der Waals surface area contributed by atoms with Crippen molar-refractivity contribution < 1.29 is 9.90 Å². The van der Waals surface area contributed by atoms with Crippen LogP contribution in [-0.4, -0.2) is 29.0 Å². The van der Waals surface area contributed by atoms with Crippen molar-refractivity contribution >= 4 is 5.91 Å². The van der Waals surface area contributed by atoms with E-state index in [2.05, 4.69) is 0 Å². The zero-order valence-electron chi connectivity index (χ0n) is 12.5. The Bertz CT molecular complexity index is 618. The fourth-order valence-corrected chi connectivity index (χ4v) is 2.41. The quantitative estimate of drug-likeness (QED) is 0.913. The molecule has 0 atom stereocenters. The van der Waals surface area contributed by atoms with Gasteiger partial charge in [-0.3, -0.25) is 4.79 Å². The van der Waals surface area contributed by atoms with E-state index in [1.165, 1.54) is 0 Å². The molecule has 0 aromatic heterocycles. The Balaban J connectivity index is 2.20. The Morgan fingerprint density at radius 2 is 1.62 bits per heavy atom. The molecule has 0 fully saturated rings. The molecular weight excluding hydrogens is 262 g/mol. The third-order valence-electron chi connectivity index (χ3n) is 3.54. The van der Waals surface area contributed by atoms with Gasteiger partial charge in [-0.15, -0.1) is 0 Å². The fraction of sp³-hybridized carbons (Fsp3) is 0.278. The van der Waals surface area contributed by atoms with E-state index in [-0.39, 0.29) is 11.7 Å². The maximum Gasteiger partial charge on any atom is 0.253 e. The summed E-state index contributed by atoms with van der Waals surface area (Å²) in [6, 6.07) is 14.9. The van der Waals surface area contributed by atoms with Crippen LogP contribution in [0.2, 0.25) is 0 Å². The van der Waals surface area contributed by atoms with Gasteiger partial charge < -0.3 is 10.0 Å². The number of hydrogen-bond acceptors (Lipinski definition) is 2. The van der Waals surface area contributed by atoms with Crippen LogP contribution < -0.4 is 0 Å². The molecule has 21 heavy (non-hydrogen) atoms. The lowest BCUT2D eigenvalue weighted by Crippen LogP contribution is -2.30. The largest absolute Gasteiger partial charge is 0.508 e. The molecule has 0 spiro atoms. The Hall–Kier alpha value is -2.29. The van der Waals surface area contributed by atoms with Crippen LogP contribution in [0.3, 0.4) is 0 Å². The number of carbonyl (C=O) groups is 1. The number of nitrogens with zero attached hydrogens (tertiary/aromatic N) is 1. The molecule has 0 bridgehead atoms. The maximum absolute atomic E-state index is 12.4. The van der Waals surface area contributed by atoms with Gasteiger partial charge in [-0.25, -0.2) is 0 Å². The Morgan fingerprint density at radius 1 is 1.00 bits per heavy atom. The van der Waals surface area contributed by atoms with E-state index in [4.69, 9.17) is 0 Å². The normalized spacial score (nSPS) is 10.4. The average molecular weight is 283 g/mol. The van der Waals surface area contributed by atoms with Gasteiger partial charge in [-0.2, -0.15) is 0 Å². The molecule has 2 rings (SSSR count). The van der Waals surface area contributed by atoms with Gasteiger partial charge in [0.2, 0.25) is 0 Å². The Morgan fingerprint density at radius 3 is 2.24 bits per heavy atom. The van der Waals surface area contributed by atoms with Crippen LogP contribution in [0.5, 0.6) is 5.75 Å². The number of phenols is 1. The minimum atomic E-state index is 0.0674. The second-order valence-electron chi connectivity index (χ2n) is 5.02. The third-order valence-corrected chi connectivity index (χ3v) is 3.54.